The van der Waals surface area contributed by atoms with Crippen LogP contribution in [0.1, 0.15) is 34.8 Å². The smallest absolute Gasteiger partial charge is 0.196 e. The van der Waals surface area contributed by atoms with Crippen molar-refractivity contribution in [1.82, 2.24) is 9.78 Å². The molecule has 0 aliphatic heterocycles. The summed E-state index contributed by atoms with van der Waals surface area (Å²) in [6.45, 7) is 4.57. The van der Waals surface area contributed by atoms with Gasteiger partial charge in [-0.25, -0.2) is 4.39 Å². The Morgan fingerprint density at radius 1 is 1.44 bits per heavy atom. The van der Waals surface area contributed by atoms with Crippen molar-refractivity contribution < 1.29 is 9.18 Å². The van der Waals surface area contributed by atoms with E-state index in [9.17, 15) is 9.18 Å². The third-order valence-corrected chi connectivity index (χ3v) is 2.78. The second-order valence-electron chi connectivity index (χ2n) is 4.28. The fourth-order valence-corrected chi connectivity index (χ4v) is 1.87. The molecule has 0 amide bonds. The number of benzene rings is 1. The van der Waals surface area contributed by atoms with E-state index in [1.807, 2.05) is 6.92 Å². The van der Waals surface area contributed by atoms with Gasteiger partial charge in [0, 0.05) is 18.3 Å². The van der Waals surface area contributed by atoms with Gasteiger partial charge in [-0.2, -0.15) is 5.10 Å². The van der Waals surface area contributed by atoms with Gasteiger partial charge in [-0.3, -0.25) is 9.48 Å². The van der Waals surface area contributed by atoms with Crippen LogP contribution < -0.4 is 0 Å². The number of aryl methyl sites for hydroxylation is 2. The van der Waals surface area contributed by atoms with Crippen LogP contribution in [0.25, 0.3) is 0 Å². The van der Waals surface area contributed by atoms with E-state index in [1.54, 1.807) is 24.0 Å². The van der Waals surface area contributed by atoms with E-state index < -0.39 is 0 Å². The predicted octanol–water partition coefficient (Wildman–Crippen LogP) is 2.97. The molecule has 0 aliphatic rings. The summed E-state index contributed by atoms with van der Waals surface area (Å²) in [6, 6.07) is 4.19. The second-order valence-corrected chi connectivity index (χ2v) is 4.28. The molecule has 1 aromatic carbocycles. The average molecular weight is 246 g/mol. The van der Waals surface area contributed by atoms with E-state index in [0.29, 0.717) is 16.7 Å². The lowest BCUT2D eigenvalue weighted by Crippen LogP contribution is -2.03. The Morgan fingerprint density at radius 2 is 2.22 bits per heavy atom. The maximum Gasteiger partial charge on any atom is 0.196 e. The van der Waals surface area contributed by atoms with Crippen molar-refractivity contribution in [1.29, 1.82) is 0 Å². The predicted molar refractivity (Wildman–Crippen MR) is 67.1 cm³/mol. The molecule has 0 atom stereocenters. The number of hydrogen-bond donors (Lipinski definition) is 0. The van der Waals surface area contributed by atoms with E-state index in [2.05, 4.69) is 5.10 Å². The fraction of sp³-hybridized carbons (Fsp3) is 0.286. The van der Waals surface area contributed by atoms with Crippen LogP contribution in [0.4, 0.5) is 4.39 Å². The summed E-state index contributed by atoms with van der Waals surface area (Å²) in [5.41, 5.74) is 1.70. The van der Waals surface area contributed by atoms with Gasteiger partial charge in [-0.1, -0.05) is 6.92 Å². The zero-order valence-corrected chi connectivity index (χ0v) is 10.5. The highest BCUT2D eigenvalue weighted by Crippen LogP contribution is 2.15. The number of ketones is 1. The van der Waals surface area contributed by atoms with Gasteiger partial charge in [0.15, 0.2) is 5.78 Å². The lowest BCUT2D eigenvalue weighted by molar-refractivity contribution is 0.103. The van der Waals surface area contributed by atoms with Gasteiger partial charge in [0.25, 0.3) is 0 Å². The summed E-state index contributed by atoms with van der Waals surface area (Å²) in [5, 5.41) is 4.12. The molecule has 0 N–H and O–H groups in total. The molecular formula is C14H15FN2O. The molecule has 0 bridgehead atoms. The highest BCUT2D eigenvalue weighted by molar-refractivity contribution is 6.09. The minimum Gasteiger partial charge on any atom is -0.288 e. The molecule has 0 radical (unpaired) electrons. The zero-order valence-electron chi connectivity index (χ0n) is 10.5. The van der Waals surface area contributed by atoms with Gasteiger partial charge in [0.05, 0.1) is 11.8 Å². The van der Waals surface area contributed by atoms with E-state index >= 15 is 0 Å². The molecular weight excluding hydrogens is 231 g/mol. The number of carbonyl (C=O) groups excluding carboxylic acids is 1. The molecule has 0 unspecified atom stereocenters. The first kappa shape index (κ1) is 12.5. The monoisotopic (exact) mass is 246 g/mol. The summed E-state index contributed by atoms with van der Waals surface area (Å²) in [5.74, 6) is -0.444. The number of hydrogen-bond acceptors (Lipinski definition) is 2. The lowest BCUT2D eigenvalue weighted by atomic mass is 10.0. The molecule has 18 heavy (non-hydrogen) atoms. The summed E-state index contributed by atoms with van der Waals surface area (Å²) in [4.78, 5) is 12.2. The van der Waals surface area contributed by atoms with Crippen molar-refractivity contribution in [3.63, 3.8) is 0 Å². The van der Waals surface area contributed by atoms with Gasteiger partial charge in [-0.15, -0.1) is 0 Å². The van der Waals surface area contributed by atoms with Crippen LogP contribution in [-0.4, -0.2) is 15.6 Å². The third-order valence-electron chi connectivity index (χ3n) is 2.78. The SMILES string of the molecule is CCCn1cc(C(=O)c2ccc(F)cc2C)cn1. The van der Waals surface area contributed by atoms with Gasteiger partial charge >= 0.3 is 0 Å². The number of carbonyl (C=O) groups is 1. The largest absolute Gasteiger partial charge is 0.288 e. The maximum atomic E-state index is 13.0. The molecule has 0 aliphatic carbocycles. The van der Waals surface area contributed by atoms with E-state index in [1.165, 1.54) is 18.2 Å². The van der Waals surface area contributed by atoms with Gasteiger partial charge in [-0.05, 0) is 37.1 Å². The van der Waals surface area contributed by atoms with Crippen LogP contribution in [0, 0.1) is 12.7 Å². The molecule has 4 heteroatoms. The van der Waals surface area contributed by atoms with Crippen molar-refractivity contribution in [2.75, 3.05) is 0 Å². The maximum absolute atomic E-state index is 13.0. The Kier molecular flexibility index (Phi) is 3.55. The van der Waals surface area contributed by atoms with Gasteiger partial charge < -0.3 is 0 Å². The van der Waals surface area contributed by atoms with Crippen molar-refractivity contribution in [2.24, 2.45) is 0 Å². The van der Waals surface area contributed by atoms with Crippen molar-refractivity contribution in [3.8, 4) is 0 Å². The minimum absolute atomic E-state index is 0.116. The van der Waals surface area contributed by atoms with Crippen LogP contribution in [0.2, 0.25) is 0 Å². The second kappa shape index (κ2) is 5.12. The first-order chi connectivity index (χ1) is 8.61. The number of nitrogens with zero attached hydrogens (tertiary/aromatic N) is 2. The number of aromatic nitrogens is 2. The lowest BCUT2D eigenvalue weighted by Gasteiger charge is -2.03. The molecule has 0 spiro atoms. The summed E-state index contributed by atoms with van der Waals surface area (Å²) in [6.07, 6.45) is 4.25. The Bertz CT molecular complexity index is 575. The Morgan fingerprint density at radius 3 is 2.89 bits per heavy atom. The molecule has 1 heterocycles. The molecule has 0 fully saturated rings. The summed E-state index contributed by atoms with van der Waals surface area (Å²) in [7, 11) is 0. The van der Waals surface area contributed by atoms with Gasteiger partial charge in [0.2, 0.25) is 0 Å². The van der Waals surface area contributed by atoms with Crippen LogP contribution in [0.3, 0.4) is 0 Å². The highest BCUT2D eigenvalue weighted by atomic mass is 19.1. The Hall–Kier alpha value is -1.97. The molecule has 94 valence electrons. The molecule has 0 saturated carbocycles. The topological polar surface area (TPSA) is 34.9 Å². The summed E-state index contributed by atoms with van der Waals surface area (Å²) >= 11 is 0. The Labute approximate surface area is 105 Å². The highest BCUT2D eigenvalue weighted by Gasteiger charge is 2.14. The van der Waals surface area contributed by atoms with Crippen molar-refractivity contribution >= 4 is 5.78 Å². The normalized spacial score (nSPS) is 10.6. The average Bonchev–Trinajstić information content (AvgIpc) is 2.77. The van der Waals surface area contributed by atoms with E-state index in [-0.39, 0.29) is 11.6 Å². The third kappa shape index (κ3) is 2.47. The molecule has 0 saturated heterocycles. The van der Waals surface area contributed by atoms with E-state index in [4.69, 9.17) is 0 Å². The number of rotatable bonds is 4. The first-order valence-electron chi connectivity index (χ1n) is 5.95. The molecule has 2 rings (SSSR count). The van der Waals surface area contributed by atoms with Crippen LogP contribution in [0.15, 0.2) is 30.6 Å². The molecule has 2 aromatic rings. The number of halogens is 1. The quantitative estimate of drug-likeness (QED) is 0.777. The first-order valence-corrected chi connectivity index (χ1v) is 5.95. The van der Waals surface area contributed by atoms with Crippen LogP contribution in [-0.2, 0) is 6.54 Å². The van der Waals surface area contributed by atoms with Gasteiger partial charge in [0.1, 0.15) is 5.82 Å². The molecule has 3 nitrogen and oxygen atoms in total. The van der Waals surface area contributed by atoms with Crippen LogP contribution >= 0.6 is 0 Å². The van der Waals surface area contributed by atoms with Crippen LogP contribution in [0.5, 0.6) is 0 Å². The fourth-order valence-electron chi connectivity index (χ4n) is 1.87. The van der Waals surface area contributed by atoms with Crippen molar-refractivity contribution in [3.05, 3.63) is 53.1 Å². The zero-order chi connectivity index (χ0) is 13.1. The van der Waals surface area contributed by atoms with E-state index in [0.717, 1.165) is 13.0 Å². The minimum atomic E-state index is -0.328. The molecule has 1 aromatic heterocycles. The Balaban J connectivity index is 2.29. The summed E-state index contributed by atoms with van der Waals surface area (Å²) < 4.78 is 14.7. The van der Waals surface area contributed by atoms with Crippen molar-refractivity contribution in [2.45, 2.75) is 26.8 Å². The standard InChI is InChI=1S/C14H15FN2O/c1-3-6-17-9-11(8-16-17)14(18)13-5-4-12(15)7-10(13)2/h4-5,7-9H,3,6H2,1-2H3.